The van der Waals surface area contributed by atoms with Crippen molar-refractivity contribution >= 4 is 11.8 Å². The lowest BCUT2D eigenvalue weighted by atomic mass is 10.2. The smallest absolute Gasteiger partial charge is 0.120 e. The van der Waals surface area contributed by atoms with Crippen molar-refractivity contribution in [1.82, 2.24) is 0 Å². The Hall–Kier alpha value is -1.18. The number of aliphatic hydroxyl groups excluding tert-OH is 1. The number of hydrogen-bond acceptors (Lipinski definition) is 4. The van der Waals surface area contributed by atoms with Crippen LogP contribution in [0.2, 0.25) is 0 Å². The molecule has 0 saturated carbocycles. The Bertz CT molecular complexity index is 390. The van der Waals surface area contributed by atoms with E-state index in [0.29, 0.717) is 18.1 Å². The van der Waals surface area contributed by atoms with Gasteiger partial charge >= 0.3 is 0 Å². The van der Waals surface area contributed by atoms with E-state index in [1.807, 2.05) is 30.8 Å². The molecule has 0 amide bonds. The fourth-order valence-electron chi connectivity index (χ4n) is 1.34. The Morgan fingerprint density at radius 1 is 1.50 bits per heavy atom. The van der Waals surface area contributed by atoms with Crippen LogP contribution < -0.4 is 4.74 Å². The highest BCUT2D eigenvalue weighted by Crippen LogP contribution is 2.14. The zero-order valence-electron chi connectivity index (χ0n) is 10.6. The molecule has 0 aliphatic carbocycles. The molecule has 0 aromatic heterocycles. The van der Waals surface area contributed by atoms with Crippen LogP contribution in [0, 0.1) is 17.2 Å². The highest BCUT2D eigenvalue weighted by molar-refractivity contribution is 7.99. The van der Waals surface area contributed by atoms with Gasteiger partial charge in [0.25, 0.3) is 0 Å². The molecule has 0 spiro atoms. The second kappa shape index (κ2) is 8.84. The maximum atomic E-state index is 8.87. The molecule has 18 heavy (non-hydrogen) atoms. The second-order valence-corrected chi connectivity index (χ2v) is 5.35. The molecule has 0 saturated heterocycles. The number of rotatable bonds is 8. The van der Waals surface area contributed by atoms with Gasteiger partial charge in [-0.3, -0.25) is 0 Å². The molecule has 98 valence electrons. The summed E-state index contributed by atoms with van der Waals surface area (Å²) >= 11 is 1.84. The normalized spacial score (nSPS) is 11.8. The van der Waals surface area contributed by atoms with Crippen LogP contribution >= 0.6 is 11.8 Å². The Kier molecular flexibility index (Phi) is 7.31. The van der Waals surface area contributed by atoms with Gasteiger partial charge in [0, 0.05) is 6.61 Å². The van der Waals surface area contributed by atoms with E-state index >= 15 is 0 Å². The molecule has 1 rings (SSSR count). The van der Waals surface area contributed by atoms with Crippen LogP contribution in [0.4, 0.5) is 0 Å². The molecule has 0 aliphatic rings. The highest BCUT2D eigenvalue weighted by atomic mass is 32.2. The minimum absolute atomic E-state index is 0.254. The van der Waals surface area contributed by atoms with Gasteiger partial charge in [-0.1, -0.05) is 13.0 Å². The molecular formula is C14H19NO2S. The average molecular weight is 265 g/mol. The Labute approximate surface area is 113 Å². The molecule has 0 aliphatic heterocycles. The number of aliphatic hydroxyl groups is 1. The van der Waals surface area contributed by atoms with Gasteiger partial charge in [-0.25, -0.2) is 0 Å². The molecule has 0 fully saturated rings. The third kappa shape index (κ3) is 5.95. The number of thioether (sulfide) groups is 1. The summed E-state index contributed by atoms with van der Waals surface area (Å²) in [6.45, 7) is 2.96. The van der Waals surface area contributed by atoms with Crippen LogP contribution in [0.3, 0.4) is 0 Å². The molecule has 0 radical (unpaired) electrons. The predicted octanol–water partition coefficient (Wildman–Crippen LogP) is 2.69. The lowest BCUT2D eigenvalue weighted by Gasteiger charge is -2.08. The summed E-state index contributed by atoms with van der Waals surface area (Å²) in [7, 11) is 0. The van der Waals surface area contributed by atoms with Crippen molar-refractivity contribution in [3.8, 4) is 11.8 Å². The van der Waals surface area contributed by atoms with Crippen LogP contribution in [0.1, 0.15) is 18.9 Å². The SMILES string of the molecule is CC(CO)CSCCCOc1cccc(C#N)c1. The maximum absolute atomic E-state index is 8.87. The highest BCUT2D eigenvalue weighted by Gasteiger charge is 2.00. The third-order valence-electron chi connectivity index (χ3n) is 2.38. The van der Waals surface area contributed by atoms with Gasteiger partial charge in [-0.05, 0) is 42.0 Å². The van der Waals surface area contributed by atoms with Crippen LogP contribution in [0.15, 0.2) is 24.3 Å². The van der Waals surface area contributed by atoms with Gasteiger partial charge in [-0.15, -0.1) is 0 Å². The van der Waals surface area contributed by atoms with Gasteiger partial charge in [0.15, 0.2) is 0 Å². The van der Waals surface area contributed by atoms with E-state index in [0.717, 1.165) is 23.7 Å². The minimum atomic E-state index is 0.254. The van der Waals surface area contributed by atoms with Crippen molar-refractivity contribution < 1.29 is 9.84 Å². The monoisotopic (exact) mass is 265 g/mol. The molecule has 1 unspecified atom stereocenters. The molecule has 0 heterocycles. The van der Waals surface area contributed by atoms with Gasteiger partial charge < -0.3 is 9.84 Å². The number of hydrogen-bond donors (Lipinski definition) is 1. The first-order valence-electron chi connectivity index (χ1n) is 6.08. The quantitative estimate of drug-likeness (QED) is 0.734. The number of nitrogens with zero attached hydrogens (tertiary/aromatic N) is 1. The minimum Gasteiger partial charge on any atom is -0.494 e. The predicted molar refractivity (Wildman–Crippen MR) is 74.8 cm³/mol. The molecular weight excluding hydrogens is 246 g/mol. The number of nitriles is 1. The first-order chi connectivity index (χ1) is 8.76. The van der Waals surface area contributed by atoms with Crippen LogP contribution in [0.25, 0.3) is 0 Å². The standard InChI is InChI=1S/C14H19NO2S/c1-12(10-16)11-18-7-3-6-17-14-5-2-4-13(8-14)9-15/h2,4-5,8,12,16H,3,6-7,10-11H2,1H3. The Morgan fingerprint density at radius 3 is 3.06 bits per heavy atom. The lowest BCUT2D eigenvalue weighted by molar-refractivity contribution is 0.250. The first kappa shape index (κ1) is 14.9. The van der Waals surface area contributed by atoms with Crippen molar-refractivity contribution in [3.05, 3.63) is 29.8 Å². The van der Waals surface area contributed by atoms with Crippen molar-refractivity contribution in [2.45, 2.75) is 13.3 Å². The average Bonchev–Trinajstić information content (AvgIpc) is 2.42. The molecule has 1 N–H and O–H groups in total. The van der Waals surface area contributed by atoms with E-state index in [9.17, 15) is 0 Å². The van der Waals surface area contributed by atoms with E-state index in [-0.39, 0.29) is 6.61 Å². The van der Waals surface area contributed by atoms with Gasteiger partial charge in [0.1, 0.15) is 5.75 Å². The first-order valence-corrected chi connectivity index (χ1v) is 7.23. The zero-order chi connectivity index (χ0) is 13.2. The van der Waals surface area contributed by atoms with Crippen molar-refractivity contribution in [2.24, 2.45) is 5.92 Å². The van der Waals surface area contributed by atoms with E-state index < -0.39 is 0 Å². The van der Waals surface area contributed by atoms with Crippen molar-refractivity contribution in [3.63, 3.8) is 0 Å². The summed E-state index contributed by atoms with van der Waals surface area (Å²) in [6.07, 6.45) is 0.972. The van der Waals surface area contributed by atoms with Gasteiger partial charge in [0.2, 0.25) is 0 Å². The van der Waals surface area contributed by atoms with Crippen LogP contribution in [-0.2, 0) is 0 Å². The second-order valence-electron chi connectivity index (χ2n) is 4.20. The topological polar surface area (TPSA) is 53.2 Å². The fraction of sp³-hybridized carbons (Fsp3) is 0.500. The van der Waals surface area contributed by atoms with Crippen molar-refractivity contribution in [1.29, 1.82) is 5.26 Å². The van der Waals surface area contributed by atoms with Crippen LogP contribution in [-0.4, -0.2) is 29.8 Å². The van der Waals surface area contributed by atoms with E-state index in [1.165, 1.54) is 0 Å². The summed E-state index contributed by atoms with van der Waals surface area (Å²) in [6, 6.07) is 9.29. The lowest BCUT2D eigenvalue weighted by Crippen LogP contribution is -2.05. The molecule has 1 atom stereocenters. The van der Waals surface area contributed by atoms with Crippen molar-refractivity contribution in [2.75, 3.05) is 24.7 Å². The Morgan fingerprint density at radius 2 is 2.33 bits per heavy atom. The van der Waals surface area contributed by atoms with Gasteiger partial charge in [0.05, 0.1) is 18.2 Å². The summed E-state index contributed by atoms with van der Waals surface area (Å²) < 4.78 is 5.57. The summed E-state index contributed by atoms with van der Waals surface area (Å²) in [5, 5.41) is 17.6. The molecule has 0 bridgehead atoms. The maximum Gasteiger partial charge on any atom is 0.120 e. The van der Waals surface area contributed by atoms with E-state index in [1.54, 1.807) is 12.1 Å². The summed E-state index contributed by atoms with van der Waals surface area (Å²) in [4.78, 5) is 0. The van der Waals surface area contributed by atoms with E-state index in [2.05, 4.69) is 6.07 Å². The molecule has 4 heteroatoms. The largest absolute Gasteiger partial charge is 0.494 e. The third-order valence-corrected chi connectivity index (χ3v) is 3.76. The summed E-state index contributed by atoms with van der Waals surface area (Å²) in [5.74, 6) is 3.13. The van der Waals surface area contributed by atoms with Crippen LogP contribution in [0.5, 0.6) is 5.75 Å². The van der Waals surface area contributed by atoms with Gasteiger partial charge in [-0.2, -0.15) is 17.0 Å². The molecule has 1 aromatic rings. The number of ether oxygens (including phenoxy) is 1. The fourth-order valence-corrected chi connectivity index (χ4v) is 2.34. The molecule has 3 nitrogen and oxygen atoms in total. The zero-order valence-corrected chi connectivity index (χ0v) is 11.4. The Balaban J connectivity index is 2.12. The molecule has 1 aromatic carbocycles. The van der Waals surface area contributed by atoms with E-state index in [4.69, 9.17) is 15.1 Å². The number of benzene rings is 1. The summed E-state index contributed by atoms with van der Waals surface area (Å²) in [5.41, 5.74) is 0.624.